The second-order valence-corrected chi connectivity index (χ2v) is 3.16. The lowest BCUT2D eigenvalue weighted by molar-refractivity contribution is 0.974. The van der Waals surface area contributed by atoms with Gasteiger partial charge in [0, 0.05) is 12.4 Å². The average Bonchev–Trinajstić information content (AvgIpc) is 2.70. The van der Waals surface area contributed by atoms with Gasteiger partial charge in [0.15, 0.2) is 0 Å². The number of aromatic nitrogens is 3. The number of nitrogens with zero attached hydrogens (tertiary/aromatic N) is 2. The molecule has 0 unspecified atom stereocenters. The summed E-state index contributed by atoms with van der Waals surface area (Å²) in [6.07, 6.45) is 3.58. The van der Waals surface area contributed by atoms with Crippen LogP contribution in [-0.2, 0) is 6.54 Å². The molecule has 2 aromatic rings. The Balaban J connectivity index is 1.95. The van der Waals surface area contributed by atoms with E-state index in [0.29, 0.717) is 0 Å². The van der Waals surface area contributed by atoms with Gasteiger partial charge in [0.1, 0.15) is 5.82 Å². The molecule has 2 aromatic heterocycles. The number of anilines is 1. The van der Waals surface area contributed by atoms with Crippen LogP contribution in [0.25, 0.3) is 0 Å². The van der Waals surface area contributed by atoms with Crippen LogP contribution in [0.2, 0.25) is 0 Å². The summed E-state index contributed by atoms with van der Waals surface area (Å²) in [7, 11) is 0. The Hall–Kier alpha value is -1.84. The van der Waals surface area contributed by atoms with Crippen molar-refractivity contribution in [3.05, 3.63) is 41.9 Å². The molecule has 0 aromatic carbocycles. The third-order valence-corrected chi connectivity index (χ3v) is 1.93. The first-order chi connectivity index (χ1) is 6.84. The normalized spacial score (nSPS) is 10.1. The second kappa shape index (κ2) is 3.91. The maximum Gasteiger partial charge on any atom is 0.126 e. The predicted octanol–water partition coefficient (Wildman–Crippen LogP) is 1.73. The lowest BCUT2D eigenvalue weighted by Crippen LogP contribution is -2.01. The van der Waals surface area contributed by atoms with Gasteiger partial charge in [-0.15, -0.1) is 0 Å². The van der Waals surface area contributed by atoms with Crippen LogP contribution in [0.4, 0.5) is 5.82 Å². The van der Waals surface area contributed by atoms with E-state index in [4.69, 9.17) is 0 Å². The summed E-state index contributed by atoms with van der Waals surface area (Å²) < 4.78 is 0. The number of pyridine rings is 1. The zero-order valence-corrected chi connectivity index (χ0v) is 7.99. The highest BCUT2D eigenvalue weighted by Crippen LogP contribution is 2.05. The van der Waals surface area contributed by atoms with Crippen LogP contribution < -0.4 is 5.32 Å². The van der Waals surface area contributed by atoms with Gasteiger partial charge < -0.3 is 5.32 Å². The van der Waals surface area contributed by atoms with Crippen molar-refractivity contribution in [2.75, 3.05) is 5.32 Å². The van der Waals surface area contributed by atoms with Crippen LogP contribution in [0.15, 0.2) is 30.6 Å². The van der Waals surface area contributed by atoms with Crippen LogP contribution in [0, 0.1) is 6.92 Å². The molecule has 0 aliphatic heterocycles. The fraction of sp³-hybridized carbons (Fsp3) is 0.200. The van der Waals surface area contributed by atoms with Crippen LogP contribution in [0.1, 0.15) is 11.3 Å². The Morgan fingerprint density at radius 2 is 2.29 bits per heavy atom. The van der Waals surface area contributed by atoms with Crippen molar-refractivity contribution in [1.29, 1.82) is 0 Å². The fourth-order valence-electron chi connectivity index (χ4n) is 1.14. The Morgan fingerprint density at radius 1 is 1.36 bits per heavy atom. The molecule has 0 atom stereocenters. The smallest absolute Gasteiger partial charge is 0.126 e. The quantitative estimate of drug-likeness (QED) is 0.771. The van der Waals surface area contributed by atoms with E-state index >= 15 is 0 Å². The second-order valence-electron chi connectivity index (χ2n) is 3.16. The van der Waals surface area contributed by atoms with E-state index in [1.54, 1.807) is 6.20 Å². The molecule has 2 rings (SSSR count). The number of aryl methyl sites for hydroxylation is 1. The molecule has 0 saturated carbocycles. The topological polar surface area (TPSA) is 53.6 Å². The van der Waals surface area contributed by atoms with E-state index in [1.807, 2.05) is 31.3 Å². The summed E-state index contributed by atoms with van der Waals surface area (Å²) in [6, 6.07) is 5.93. The van der Waals surface area contributed by atoms with Crippen molar-refractivity contribution in [2.45, 2.75) is 13.5 Å². The highest BCUT2D eigenvalue weighted by atomic mass is 15.1. The van der Waals surface area contributed by atoms with Crippen LogP contribution in [0.5, 0.6) is 0 Å². The lowest BCUT2D eigenvalue weighted by atomic mass is 10.3. The first kappa shape index (κ1) is 8.74. The van der Waals surface area contributed by atoms with Crippen LogP contribution in [0.3, 0.4) is 0 Å². The summed E-state index contributed by atoms with van der Waals surface area (Å²) in [5, 5.41) is 9.93. The summed E-state index contributed by atoms with van der Waals surface area (Å²) in [5.74, 6) is 0.880. The zero-order valence-electron chi connectivity index (χ0n) is 7.99. The predicted molar refractivity (Wildman–Crippen MR) is 54.9 cm³/mol. The van der Waals surface area contributed by atoms with Crippen molar-refractivity contribution in [2.24, 2.45) is 0 Å². The van der Waals surface area contributed by atoms with E-state index in [2.05, 4.69) is 20.5 Å². The number of hydrogen-bond donors (Lipinski definition) is 2. The Bertz CT molecular complexity index is 377. The van der Waals surface area contributed by atoms with E-state index < -0.39 is 0 Å². The molecule has 0 radical (unpaired) electrons. The summed E-state index contributed by atoms with van der Waals surface area (Å²) in [6.45, 7) is 2.74. The Kier molecular flexibility index (Phi) is 2.44. The van der Waals surface area contributed by atoms with E-state index in [9.17, 15) is 0 Å². The molecular formula is C10H12N4. The number of aromatic amines is 1. The van der Waals surface area contributed by atoms with Gasteiger partial charge in [0.2, 0.25) is 0 Å². The van der Waals surface area contributed by atoms with E-state index in [-0.39, 0.29) is 0 Å². The van der Waals surface area contributed by atoms with Crippen molar-refractivity contribution < 1.29 is 0 Å². The van der Waals surface area contributed by atoms with Gasteiger partial charge >= 0.3 is 0 Å². The minimum atomic E-state index is 0.718. The monoisotopic (exact) mass is 188 g/mol. The highest BCUT2D eigenvalue weighted by molar-refractivity contribution is 5.35. The molecule has 4 heteroatoms. The van der Waals surface area contributed by atoms with Gasteiger partial charge in [-0.3, -0.25) is 5.10 Å². The average molecular weight is 188 g/mol. The van der Waals surface area contributed by atoms with Crippen molar-refractivity contribution in [1.82, 2.24) is 15.2 Å². The number of H-pyrrole nitrogens is 1. The van der Waals surface area contributed by atoms with E-state index in [0.717, 1.165) is 23.6 Å². The van der Waals surface area contributed by atoms with Gasteiger partial charge in [-0.05, 0) is 24.6 Å². The summed E-state index contributed by atoms with van der Waals surface area (Å²) >= 11 is 0. The van der Waals surface area contributed by atoms with Crippen LogP contribution in [-0.4, -0.2) is 15.2 Å². The Labute approximate surface area is 82.4 Å². The fourth-order valence-corrected chi connectivity index (χ4v) is 1.14. The number of nitrogens with one attached hydrogen (secondary N) is 2. The third-order valence-electron chi connectivity index (χ3n) is 1.93. The molecular weight excluding hydrogens is 176 g/mol. The van der Waals surface area contributed by atoms with Gasteiger partial charge in [0.05, 0.1) is 12.2 Å². The molecule has 2 heterocycles. The van der Waals surface area contributed by atoms with Crippen molar-refractivity contribution >= 4 is 5.82 Å². The zero-order chi connectivity index (χ0) is 9.80. The first-order valence-electron chi connectivity index (χ1n) is 4.49. The number of hydrogen-bond acceptors (Lipinski definition) is 3. The first-order valence-corrected chi connectivity index (χ1v) is 4.49. The van der Waals surface area contributed by atoms with Crippen molar-refractivity contribution in [3.8, 4) is 0 Å². The molecule has 0 saturated heterocycles. The molecule has 0 aliphatic rings. The molecule has 72 valence electrons. The SMILES string of the molecule is Cc1ccc(NCc2ccn[nH]2)nc1. The van der Waals surface area contributed by atoms with Gasteiger partial charge in [-0.2, -0.15) is 5.10 Å². The van der Waals surface area contributed by atoms with Gasteiger partial charge in [-0.1, -0.05) is 6.07 Å². The minimum Gasteiger partial charge on any atom is -0.364 e. The molecule has 0 bridgehead atoms. The standard InChI is InChI=1S/C10H12N4/c1-8-2-3-10(11-6-8)12-7-9-4-5-13-14-9/h2-6H,7H2,1H3,(H,11,12)(H,13,14). The van der Waals surface area contributed by atoms with Gasteiger partial charge in [0.25, 0.3) is 0 Å². The molecule has 0 amide bonds. The molecule has 14 heavy (non-hydrogen) atoms. The number of rotatable bonds is 3. The Morgan fingerprint density at radius 3 is 2.93 bits per heavy atom. The third kappa shape index (κ3) is 2.10. The lowest BCUT2D eigenvalue weighted by Gasteiger charge is -2.03. The summed E-state index contributed by atoms with van der Waals surface area (Å²) in [5.41, 5.74) is 2.21. The highest BCUT2D eigenvalue weighted by Gasteiger charge is 1.94. The maximum atomic E-state index is 4.23. The molecule has 4 nitrogen and oxygen atoms in total. The maximum absolute atomic E-state index is 4.23. The largest absolute Gasteiger partial charge is 0.364 e. The minimum absolute atomic E-state index is 0.718. The van der Waals surface area contributed by atoms with Gasteiger partial charge in [-0.25, -0.2) is 4.98 Å². The van der Waals surface area contributed by atoms with Crippen LogP contribution >= 0.6 is 0 Å². The molecule has 0 spiro atoms. The molecule has 2 N–H and O–H groups in total. The molecule has 0 fully saturated rings. The van der Waals surface area contributed by atoms with Crippen molar-refractivity contribution in [3.63, 3.8) is 0 Å². The van der Waals surface area contributed by atoms with E-state index in [1.165, 1.54) is 0 Å². The molecule has 0 aliphatic carbocycles. The summed E-state index contributed by atoms with van der Waals surface area (Å²) in [4.78, 5) is 4.23.